The first-order chi connectivity index (χ1) is 14.1. The Labute approximate surface area is 173 Å². The number of furan rings is 1. The van der Waals surface area contributed by atoms with Crippen LogP contribution in [0, 0.1) is 10.1 Å². The second-order valence-corrected chi connectivity index (χ2v) is 7.86. The normalized spacial score (nSPS) is 10.9. The smallest absolute Gasteiger partial charge is 0.270 e. The molecule has 0 unspecified atom stereocenters. The molecule has 4 aromatic rings. The fourth-order valence-electron chi connectivity index (χ4n) is 2.69. The Morgan fingerprint density at radius 1 is 1.21 bits per heavy atom. The van der Waals surface area contributed by atoms with Crippen LogP contribution >= 0.6 is 23.1 Å². The molecule has 0 fully saturated rings. The molecular weight excluding hydrogens is 412 g/mol. The number of aromatic nitrogens is 3. The van der Waals surface area contributed by atoms with Gasteiger partial charge in [-0.2, -0.15) is 0 Å². The first kappa shape index (κ1) is 19.1. The predicted octanol–water partition coefficient (Wildman–Crippen LogP) is 4.53. The molecular formula is C19H14N4O4S2. The van der Waals surface area contributed by atoms with Crippen LogP contribution in [0.15, 0.2) is 69.7 Å². The van der Waals surface area contributed by atoms with Gasteiger partial charge in [0.25, 0.3) is 5.69 Å². The van der Waals surface area contributed by atoms with Crippen LogP contribution < -0.4 is 0 Å². The third-order valence-corrected chi connectivity index (χ3v) is 5.90. The lowest BCUT2D eigenvalue weighted by Gasteiger charge is -2.07. The summed E-state index contributed by atoms with van der Waals surface area (Å²) in [6.45, 7) is 0.431. The maximum atomic E-state index is 12.5. The van der Waals surface area contributed by atoms with Crippen LogP contribution in [0.5, 0.6) is 0 Å². The summed E-state index contributed by atoms with van der Waals surface area (Å²) in [6, 6.07) is 13.3. The van der Waals surface area contributed by atoms with Gasteiger partial charge in [-0.1, -0.05) is 30.0 Å². The second kappa shape index (κ2) is 8.41. The van der Waals surface area contributed by atoms with Gasteiger partial charge in [-0.3, -0.25) is 19.5 Å². The van der Waals surface area contributed by atoms with Crippen LogP contribution in [0.2, 0.25) is 0 Å². The van der Waals surface area contributed by atoms with Crippen molar-refractivity contribution in [2.45, 2.75) is 11.7 Å². The third-order valence-electron chi connectivity index (χ3n) is 4.06. The van der Waals surface area contributed by atoms with E-state index in [9.17, 15) is 14.9 Å². The van der Waals surface area contributed by atoms with Crippen molar-refractivity contribution in [1.29, 1.82) is 0 Å². The Morgan fingerprint density at radius 2 is 2.10 bits per heavy atom. The van der Waals surface area contributed by atoms with Gasteiger partial charge in [0.1, 0.15) is 5.76 Å². The molecule has 8 nitrogen and oxygen atoms in total. The molecule has 0 saturated carbocycles. The zero-order valence-corrected chi connectivity index (χ0v) is 16.6. The molecule has 0 bridgehead atoms. The molecule has 0 spiro atoms. The minimum atomic E-state index is -0.517. The summed E-state index contributed by atoms with van der Waals surface area (Å²) in [4.78, 5) is 23.9. The number of Topliss-reactive ketones (excluding diaryl/α,β-unsaturated/α-hetero) is 1. The van der Waals surface area contributed by atoms with E-state index >= 15 is 0 Å². The molecule has 0 amide bonds. The number of carbonyl (C=O) groups excluding carboxylic acids is 1. The van der Waals surface area contributed by atoms with Crippen molar-refractivity contribution in [2.75, 3.05) is 5.75 Å². The number of non-ortho nitro benzene ring substituents is 1. The highest BCUT2D eigenvalue weighted by molar-refractivity contribution is 7.99. The molecule has 0 aliphatic heterocycles. The van der Waals surface area contributed by atoms with Gasteiger partial charge in [0.05, 0.1) is 28.4 Å². The Kier molecular flexibility index (Phi) is 5.54. The Hall–Kier alpha value is -3.24. The van der Waals surface area contributed by atoms with Gasteiger partial charge in [0.15, 0.2) is 16.8 Å². The maximum absolute atomic E-state index is 12.5. The van der Waals surface area contributed by atoms with Crippen LogP contribution in [0.3, 0.4) is 0 Å². The zero-order valence-electron chi connectivity index (χ0n) is 14.9. The van der Waals surface area contributed by atoms with Crippen molar-refractivity contribution in [3.8, 4) is 10.7 Å². The topological polar surface area (TPSA) is 104 Å². The Bertz CT molecular complexity index is 1140. The summed E-state index contributed by atoms with van der Waals surface area (Å²) >= 11 is 2.78. The van der Waals surface area contributed by atoms with Gasteiger partial charge >= 0.3 is 0 Å². The minimum absolute atomic E-state index is 0.0852. The predicted molar refractivity (Wildman–Crippen MR) is 109 cm³/mol. The number of hydrogen-bond acceptors (Lipinski definition) is 8. The molecule has 146 valence electrons. The van der Waals surface area contributed by atoms with Crippen molar-refractivity contribution in [3.63, 3.8) is 0 Å². The summed E-state index contributed by atoms with van der Waals surface area (Å²) in [6.07, 6.45) is 1.60. The molecule has 0 saturated heterocycles. The van der Waals surface area contributed by atoms with Crippen molar-refractivity contribution < 1.29 is 14.1 Å². The van der Waals surface area contributed by atoms with Gasteiger partial charge in [0.2, 0.25) is 0 Å². The first-order valence-electron chi connectivity index (χ1n) is 8.52. The number of nitro benzene ring substituents is 1. The molecule has 0 aliphatic carbocycles. The number of rotatable bonds is 8. The SMILES string of the molecule is O=C(CSc1nnc(-c2cccs2)n1Cc1ccco1)c1cccc([N+](=O)[O-])c1. The highest BCUT2D eigenvalue weighted by Crippen LogP contribution is 2.28. The van der Waals surface area contributed by atoms with E-state index in [1.807, 2.05) is 34.2 Å². The average molecular weight is 426 g/mol. The zero-order chi connectivity index (χ0) is 20.2. The summed E-state index contributed by atoms with van der Waals surface area (Å²) in [5.41, 5.74) is 0.184. The van der Waals surface area contributed by atoms with Crippen molar-refractivity contribution in [2.24, 2.45) is 0 Å². The van der Waals surface area contributed by atoms with E-state index in [1.54, 1.807) is 23.7 Å². The summed E-state index contributed by atoms with van der Waals surface area (Å²) in [7, 11) is 0. The van der Waals surface area contributed by atoms with Crippen LogP contribution in [-0.2, 0) is 6.54 Å². The van der Waals surface area contributed by atoms with Crippen molar-refractivity contribution in [3.05, 3.63) is 81.6 Å². The van der Waals surface area contributed by atoms with Crippen LogP contribution in [0.25, 0.3) is 10.7 Å². The average Bonchev–Trinajstić information content (AvgIpc) is 3.49. The first-order valence-corrected chi connectivity index (χ1v) is 10.4. The largest absolute Gasteiger partial charge is 0.467 e. The van der Waals surface area contributed by atoms with Gasteiger partial charge in [-0.15, -0.1) is 21.5 Å². The molecule has 3 heterocycles. The third kappa shape index (κ3) is 4.28. The Morgan fingerprint density at radius 3 is 2.83 bits per heavy atom. The number of nitro groups is 1. The summed E-state index contributed by atoms with van der Waals surface area (Å²) in [5.74, 6) is 1.31. The molecule has 10 heteroatoms. The number of hydrogen-bond donors (Lipinski definition) is 0. The molecule has 3 aromatic heterocycles. The summed E-state index contributed by atoms with van der Waals surface area (Å²) < 4.78 is 7.35. The maximum Gasteiger partial charge on any atom is 0.270 e. The van der Waals surface area contributed by atoms with E-state index in [-0.39, 0.29) is 17.2 Å². The molecule has 0 atom stereocenters. The van der Waals surface area contributed by atoms with E-state index in [4.69, 9.17) is 4.42 Å². The van der Waals surface area contributed by atoms with Crippen LogP contribution in [0.1, 0.15) is 16.1 Å². The van der Waals surface area contributed by atoms with Crippen molar-refractivity contribution in [1.82, 2.24) is 14.8 Å². The molecule has 0 radical (unpaired) electrons. The van der Waals surface area contributed by atoms with Crippen LogP contribution in [-0.4, -0.2) is 31.2 Å². The minimum Gasteiger partial charge on any atom is -0.467 e. The number of carbonyl (C=O) groups is 1. The molecule has 29 heavy (non-hydrogen) atoms. The molecule has 0 aliphatic rings. The molecule has 1 aromatic carbocycles. The fourth-order valence-corrected chi connectivity index (χ4v) is 4.24. The highest BCUT2D eigenvalue weighted by atomic mass is 32.2. The van der Waals surface area contributed by atoms with Gasteiger partial charge in [-0.25, -0.2) is 0 Å². The lowest BCUT2D eigenvalue weighted by atomic mass is 10.1. The monoisotopic (exact) mass is 426 g/mol. The van der Waals surface area contributed by atoms with Crippen molar-refractivity contribution >= 4 is 34.6 Å². The van der Waals surface area contributed by atoms with Gasteiger partial charge in [0, 0.05) is 17.7 Å². The van der Waals surface area contributed by atoms with E-state index in [0.717, 1.165) is 10.6 Å². The number of nitrogens with zero attached hydrogens (tertiary/aromatic N) is 4. The molecule has 0 N–H and O–H groups in total. The standard InChI is InChI=1S/C19H14N4O4S2/c24-16(13-4-1-5-14(10-13)23(25)26)12-29-19-21-20-18(17-7-3-9-28-17)22(19)11-15-6-2-8-27-15/h1-10H,11-12H2. The molecule has 4 rings (SSSR count). The fraction of sp³-hybridized carbons (Fsp3) is 0.105. The number of ketones is 1. The highest BCUT2D eigenvalue weighted by Gasteiger charge is 2.18. The van der Waals surface area contributed by atoms with E-state index < -0.39 is 4.92 Å². The number of thioether (sulfide) groups is 1. The quantitative estimate of drug-likeness (QED) is 0.176. The second-order valence-electron chi connectivity index (χ2n) is 5.97. The number of thiophene rings is 1. The summed E-state index contributed by atoms with van der Waals surface area (Å²) in [5, 5.41) is 22.0. The number of benzene rings is 1. The van der Waals surface area contributed by atoms with E-state index in [1.165, 1.54) is 30.0 Å². The Balaban J connectivity index is 1.56. The van der Waals surface area contributed by atoms with Gasteiger partial charge in [-0.05, 0) is 23.6 Å². The van der Waals surface area contributed by atoms with E-state index in [2.05, 4.69) is 10.2 Å². The van der Waals surface area contributed by atoms with Crippen LogP contribution in [0.4, 0.5) is 5.69 Å². The van der Waals surface area contributed by atoms with E-state index in [0.29, 0.717) is 23.1 Å². The lowest BCUT2D eigenvalue weighted by molar-refractivity contribution is -0.384. The van der Waals surface area contributed by atoms with Gasteiger partial charge < -0.3 is 4.42 Å². The lowest BCUT2D eigenvalue weighted by Crippen LogP contribution is -2.07.